The summed E-state index contributed by atoms with van der Waals surface area (Å²) in [7, 11) is 0. The predicted molar refractivity (Wildman–Crippen MR) is 91.2 cm³/mol. The van der Waals surface area contributed by atoms with E-state index < -0.39 is 0 Å². The van der Waals surface area contributed by atoms with Crippen molar-refractivity contribution < 1.29 is 9.47 Å². The molecule has 6 heteroatoms. The Morgan fingerprint density at radius 3 is 1.95 bits per heavy atom. The Bertz CT molecular complexity index is 704. The molecule has 0 spiro atoms. The first kappa shape index (κ1) is 16.4. The van der Waals surface area contributed by atoms with Gasteiger partial charge in [0.1, 0.15) is 29.9 Å². The molecule has 0 fully saturated rings. The summed E-state index contributed by atoms with van der Waals surface area (Å²) in [5, 5.41) is 9.16. The summed E-state index contributed by atoms with van der Waals surface area (Å²) in [4.78, 5) is 0. The van der Waals surface area contributed by atoms with Crippen LogP contribution in [0.25, 0.3) is 0 Å². The molecule has 2 N–H and O–H groups in total. The molecule has 0 aromatic heterocycles. The average molecular weight is 424 g/mol. The third-order valence-electron chi connectivity index (χ3n) is 2.63. The lowest BCUT2D eigenvalue weighted by Crippen LogP contribution is -2.14. The molecule has 0 saturated heterocycles. The fourth-order valence-electron chi connectivity index (χ4n) is 1.54. The van der Waals surface area contributed by atoms with Gasteiger partial charge >= 0.3 is 0 Å². The van der Waals surface area contributed by atoms with E-state index in [9.17, 15) is 0 Å². The number of halogens is 2. The van der Waals surface area contributed by atoms with Crippen molar-refractivity contribution in [2.75, 3.05) is 6.61 Å². The summed E-state index contributed by atoms with van der Waals surface area (Å²) in [6.07, 6.45) is 0. The fourth-order valence-corrected chi connectivity index (χ4v) is 2.07. The molecular weight excluding hydrogens is 412 g/mol. The summed E-state index contributed by atoms with van der Waals surface area (Å²) in [6.45, 7) is 0.0705. The zero-order valence-electron chi connectivity index (χ0n) is 11.4. The first-order valence-electron chi connectivity index (χ1n) is 6.29. The largest absolute Gasteiger partial charge is 0.487 e. The molecule has 22 heavy (non-hydrogen) atoms. The van der Waals surface area contributed by atoms with Gasteiger partial charge in [0.05, 0.1) is 0 Å². The minimum absolute atomic E-state index is 0.0273. The van der Waals surface area contributed by atoms with Crippen LogP contribution in [0.4, 0.5) is 0 Å². The van der Waals surface area contributed by atoms with Crippen molar-refractivity contribution in [3.05, 3.63) is 68.9 Å². The molecule has 0 unspecified atom stereocenters. The molecule has 0 aliphatic rings. The van der Waals surface area contributed by atoms with Crippen molar-refractivity contribution in [1.82, 2.24) is 0 Å². The Labute approximate surface area is 145 Å². The van der Waals surface area contributed by atoms with E-state index >= 15 is 0 Å². The molecule has 2 aromatic rings. The number of hydrogen-bond donors (Lipinski definition) is 1. The van der Waals surface area contributed by atoms with Crippen LogP contribution in [0.5, 0.6) is 11.5 Å². The zero-order valence-corrected chi connectivity index (χ0v) is 14.6. The van der Waals surface area contributed by atoms with Gasteiger partial charge in [0, 0.05) is 8.95 Å². The minimum atomic E-state index is 0.0273. The summed E-state index contributed by atoms with van der Waals surface area (Å²) in [5.41, 5.74) is 6.10. The highest BCUT2D eigenvalue weighted by atomic mass is 79.9. The maximum Gasteiger partial charge on any atom is 0.226 e. The molecule has 0 heterocycles. The van der Waals surface area contributed by atoms with Gasteiger partial charge in [0.2, 0.25) is 5.76 Å². The van der Waals surface area contributed by atoms with Crippen LogP contribution in [-0.4, -0.2) is 6.61 Å². The second-order valence-electron chi connectivity index (χ2n) is 4.26. The van der Waals surface area contributed by atoms with Crippen LogP contribution in [0.15, 0.2) is 68.9 Å². The van der Waals surface area contributed by atoms with Gasteiger partial charge in [0.15, 0.2) is 0 Å². The Morgan fingerprint density at radius 2 is 1.45 bits per heavy atom. The highest BCUT2D eigenvalue weighted by Crippen LogP contribution is 2.19. The van der Waals surface area contributed by atoms with Gasteiger partial charge in [-0.2, -0.15) is 5.26 Å². The highest BCUT2D eigenvalue weighted by Gasteiger charge is 2.07. The van der Waals surface area contributed by atoms with E-state index in [1.807, 2.05) is 30.3 Å². The van der Waals surface area contributed by atoms with Gasteiger partial charge in [-0.25, -0.2) is 0 Å². The van der Waals surface area contributed by atoms with Gasteiger partial charge in [-0.05, 0) is 48.5 Å². The van der Waals surface area contributed by atoms with E-state index in [1.54, 1.807) is 24.3 Å². The standard InChI is InChI=1S/C16H12Br2N2O2/c17-11-1-5-13(6-2-11)21-10-15(20)16(9-19)22-14-7-3-12(18)4-8-14/h1-8H,10,20H2/b16-15-. The molecule has 0 aliphatic heterocycles. The van der Waals surface area contributed by atoms with Crippen LogP contribution in [0.3, 0.4) is 0 Å². The van der Waals surface area contributed by atoms with Crippen LogP contribution in [-0.2, 0) is 0 Å². The number of hydrogen-bond acceptors (Lipinski definition) is 4. The van der Waals surface area contributed by atoms with Gasteiger partial charge in [0.25, 0.3) is 0 Å². The molecule has 112 valence electrons. The summed E-state index contributed by atoms with van der Waals surface area (Å²) in [6, 6.07) is 16.4. The molecule has 2 rings (SSSR count). The van der Waals surface area contributed by atoms with Gasteiger partial charge in [-0.15, -0.1) is 0 Å². The summed E-state index contributed by atoms with van der Waals surface area (Å²) >= 11 is 6.68. The van der Waals surface area contributed by atoms with Crippen LogP contribution < -0.4 is 15.2 Å². The van der Waals surface area contributed by atoms with E-state index in [-0.39, 0.29) is 18.1 Å². The molecular formula is C16H12Br2N2O2. The Kier molecular flexibility index (Phi) is 5.87. The lowest BCUT2D eigenvalue weighted by atomic mass is 10.3. The fraction of sp³-hybridized carbons (Fsp3) is 0.0625. The first-order chi connectivity index (χ1) is 10.6. The van der Waals surface area contributed by atoms with Crippen LogP contribution in [0, 0.1) is 11.3 Å². The first-order valence-corrected chi connectivity index (χ1v) is 7.87. The number of nitrogens with zero attached hydrogens (tertiary/aromatic N) is 1. The molecule has 0 atom stereocenters. The SMILES string of the molecule is N#C/C(Oc1ccc(Br)cc1)=C(/N)COc1ccc(Br)cc1. The third-order valence-corrected chi connectivity index (χ3v) is 3.69. The van der Waals surface area contributed by atoms with E-state index in [4.69, 9.17) is 20.5 Å². The van der Waals surface area contributed by atoms with Crippen LogP contribution in [0.2, 0.25) is 0 Å². The zero-order chi connectivity index (χ0) is 15.9. The van der Waals surface area contributed by atoms with E-state index in [0.29, 0.717) is 11.5 Å². The third kappa shape index (κ3) is 4.79. The predicted octanol–water partition coefficient (Wildman–Crippen LogP) is 4.36. The number of nitrogens with two attached hydrogens (primary N) is 1. The highest BCUT2D eigenvalue weighted by molar-refractivity contribution is 9.10. The topological polar surface area (TPSA) is 68.3 Å². The Balaban J connectivity index is 2.03. The number of ether oxygens (including phenoxy) is 2. The molecule has 0 aliphatic carbocycles. The normalized spacial score (nSPS) is 11.3. The van der Waals surface area contributed by atoms with E-state index in [1.165, 1.54) is 0 Å². The lowest BCUT2D eigenvalue weighted by molar-refractivity contribution is 0.338. The van der Waals surface area contributed by atoms with Crippen molar-refractivity contribution in [3.8, 4) is 17.6 Å². The van der Waals surface area contributed by atoms with Crippen LogP contribution >= 0.6 is 31.9 Å². The number of allylic oxidation sites excluding steroid dienone is 1. The number of benzene rings is 2. The van der Waals surface area contributed by atoms with Gasteiger partial charge < -0.3 is 15.2 Å². The average Bonchev–Trinajstić information content (AvgIpc) is 2.53. The number of nitriles is 1. The molecule has 0 bridgehead atoms. The quantitative estimate of drug-likeness (QED) is 0.572. The van der Waals surface area contributed by atoms with E-state index in [0.717, 1.165) is 8.95 Å². The molecule has 2 aromatic carbocycles. The van der Waals surface area contributed by atoms with Crippen molar-refractivity contribution in [3.63, 3.8) is 0 Å². The smallest absolute Gasteiger partial charge is 0.226 e. The monoisotopic (exact) mass is 422 g/mol. The van der Waals surface area contributed by atoms with Gasteiger partial charge in [-0.3, -0.25) is 0 Å². The second-order valence-corrected chi connectivity index (χ2v) is 6.10. The number of rotatable bonds is 5. The van der Waals surface area contributed by atoms with Crippen molar-refractivity contribution in [2.24, 2.45) is 5.73 Å². The summed E-state index contributed by atoms with van der Waals surface area (Å²) in [5.74, 6) is 1.22. The molecule has 0 amide bonds. The van der Waals surface area contributed by atoms with Crippen LogP contribution in [0.1, 0.15) is 0 Å². The van der Waals surface area contributed by atoms with Gasteiger partial charge in [-0.1, -0.05) is 31.9 Å². The van der Waals surface area contributed by atoms with E-state index in [2.05, 4.69) is 31.9 Å². The summed E-state index contributed by atoms with van der Waals surface area (Å²) < 4.78 is 12.9. The minimum Gasteiger partial charge on any atom is -0.487 e. The maximum absolute atomic E-state index is 9.16. The van der Waals surface area contributed by atoms with Crippen molar-refractivity contribution >= 4 is 31.9 Å². The lowest BCUT2D eigenvalue weighted by Gasteiger charge is -2.09. The second kappa shape index (κ2) is 7.87. The molecule has 0 saturated carbocycles. The Morgan fingerprint density at radius 1 is 0.955 bits per heavy atom. The van der Waals surface area contributed by atoms with Crippen molar-refractivity contribution in [1.29, 1.82) is 5.26 Å². The Hall–Kier alpha value is -1.97. The maximum atomic E-state index is 9.16. The molecule has 0 radical (unpaired) electrons. The molecule has 4 nitrogen and oxygen atoms in total. The van der Waals surface area contributed by atoms with Crippen molar-refractivity contribution in [2.45, 2.75) is 0 Å².